The number of ether oxygens (including phenoxy) is 2. The van der Waals surface area contributed by atoms with E-state index < -0.39 is 0 Å². The number of nitrogens with two attached hydrogens (primary N) is 1. The lowest BCUT2D eigenvalue weighted by atomic mass is 10.3. The lowest BCUT2D eigenvalue weighted by Crippen LogP contribution is -2.08. The largest absolute Gasteiger partial charge is 0.428 e. The molecular formula is C9H23NO3Si. The maximum absolute atomic E-state index is 5.35. The van der Waals surface area contributed by atoms with E-state index in [2.05, 4.69) is 0 Å². The van der Waals surface area contributed by atoms with Crippen LogP contribution in [0.15, 0.2) is 0 Å². The maximum Gasteiger partial charge on any atom is 0.145 e. The predicted molar refractivity (Wildman–Crippen MR) is 60.4 cm³/mol. The second-order valence-electron chi connectivity index (χ2n) is 3.07. The smallest absolute Gasteiger partial charge is 0.145 e. The SMILES string of the molecule is NCCCCOCCOCCCO[SiH3]. The molecule has 86 valence electrons. The first-order chi connectivity index (χ1) is 6.91. The van der Waals surface area contributed by atoms with Crippen LogP contribution < -0.4 is 5.73 Å². The summed E-state index contributed by atoms with van der Waals surface area (Å²) in [6.07, 6.45) is 3.07. The van der Waals surface area contributed by atoms with Gasteiger partial charge in [0.1, 0.15) is 10.5 Å². The van der Waals surface area contributed by atoms with Gasteiger partial charge in [-0.3, -0.25) is 0 Å². The molecule has 0 spiro atoms. The molecule has 0 saturated heterocycles. The van der Waals surface area contributed by atoms with E-state index in [4.69, 9.17) is 19.6 Å². The quantitative estimate of drug-likeness (QED) is 0.375. The van der Waals surface area contributed by atoms with Crippen LogP contribution in [0.3, 0.4) is 0 Å². The highest BCUT2D eigenvalue weighted by Crippen LogP contribution is 1.88. The summed E-state index contributed by atoms with van der Waals surface area (Å²) < 4.78 is 15.7. The molecule has 14 heavy (non-hydrogen) atoms. The van der Waals surface area contributed by atoms with Crippen LogP contribution in [0.2, 0.25) is 0 Å². The van der Waals surface area contributed by atoms with Crippen LogP contribution in [0.5, 0.6) is 0 Å². The lowest BCUT2D eigenvalue weighted by Gasteiger charge is -2.05. The molecule has 5 heteroatoms. The Morgan fingerprint density at radius 2 is 1.43 bits per heavy atom. The minimum atomic E-state index is 0.684. The highest BCUT2D eigenvalue weighted by molar-refractivity contribution is 5.97. The van der Waals surface area contributed by atoms with Crippen molar-refractivity contribution in [3.8, 4) is 0 Å². The predicted octanol–water partition coefficient (Wildman–Crippen LogP) is -0.554. The Labute approximate surface area is 89.6 Å². The molecule has 0 aromatic rings. The summed E-state index contributed by atoms with van der Waals surface area (Å²) in [6, 6.07) is 0. The molecule has 2 N–H and O–H groups in total. The molecule has 0 radical (unpaired) electrons. The van der Waals surface area contributed by atoms with E-state index in [1.807, 2.05) is 0 Å². The van der Waals surface area contributed by atoms with Crippen LogP contribution in [-0.2, 0) is 13.9 Å². The van der Waals surface area contributed by atoms with Gasteiger partial charge in [0.15, 0.2) is 0 Å². The lowest BCUT2D eigenvalue weighted by molar-refractivity contribution is 0.0427. The van der Waals surface area contributed by atoms with Gasteiger partial charge in [0.2, 0.25) is 0 Å². The van der Waals surface area contributed by atoms with Gasteiger partial charge in [-0.2, -0.15) is 0 Å². The zero-order valence-corrected chi connectivity index (χ0v) is 11.2. The molecule has 0 aliphatic rings. The van der Waals surface area contributed by atoms with Gasteiger partial charge >= 0.3 is 0 Å². The van der Waals surface area contributed by atoms with Gasteiger partial charge in [-0.05, 0) is 25.8 Å². The molecule has 0 aliphatic heterocycles. The minimum absolute atomic E-state index is 0.684. The monoisotopic (exact) mass is 221 g/mol. The number of rotatable bonds is 11. The second kappa shape index (κ2) is 13.1. The molecule has 4 nitrogen and oxygen atoms in total. The second-order valence-corrected chi connectivity index (χ2v) is 3.64. The highest BCUT2D eigenvalue weighted by atomic mass is 28.2. The Hall–Kier alpha value is 0.0569. The number of hydrogen-bond donors (Lipinski definition) is 1. The van der Waals surface area contributed by atoms with Crippen molar-refractivity contribution in [2.24, 2.45) is 5.73 Å². The van der Waals surface area contributed by atoms with Crippen molar-refractivity contribution in [2.45, 2.75) is 19.3 Å². The molecule has 0 atom stereocenters. The molecule has 0 bridgehead atoms. The molecule has 0 aliphatic carbocycles. The first-order valence-corrected chi connectivity index (χ1v) is 6.08. The van der Waals surface area contributed by atoms with Gasteiger partial charge in [-0.15, -0.1) is 0 Å². The summed E-state index contributed by atoms with van der Waals surface area (Å²) in [7, 11) is 0.819. The zero-order chi connectivity index (χ0) is 10.5. The van der Waals surface area contributed by atoms with E-state index in [1.165, 1.54) is 0 Å². The Morgan fingerprint density at radius 3 is 2.00 bits per heavy atom. The Kier molecular flexibility index (Phi) is 13.1. The molecule has 0 heterocycles. The molecule has 0 amide bonds. The first kappa shape index (κ1) is 14.1. The van der Waals surface area contributed by atoms with E-state index in [0.29, 0.717) is 13.2 Å². The molecule has 0 unspecified atom stereocenters. The van der Waals surface area contributed by atoms with Crippen molar-refractivity contribution >= 4 is 10.5 Å². The van der Waals surface area contributed by atoms with Crippen LogP contribution in [0.25, 0.3) is 0 Å². The number of unbranched alkanes of at least 4 members (excludes halogenated alkanes) is 1. The molecule has 0 aromatic carbocycles. The van der Waals surface area contributed by atoms with Gasteiger partial charge < -0.3 is 19.6 Å². The Bertz CT molecular complexity index is 94.1. The average Bonchev–Trinajstić information content (AvgIpc) is 2.21. The Morgan fingerprint density at radius 1 is 0.786 bits per heavy atom. The van der Waals surface area contributed by atoms with Crippen LogP contribution in [-0.4, -0.2) is 50.1 Å². The molecule has 0 aromatic heterocycles. The van der Waals surface area contributed by atoms with Crippen molar-refractivity contribution < 1.29 is 13.9 Å². The van der Waals surface area contributed by atoms with Crippen LogP contribution in [0.4, 0.5) is 0 Å². The van der Waals surface area contributed by atoms with E-state index in [0.717, 1.165) is 56.1 Å². The third-order valence-electron chi connectivity index (χ3n) is 1.75. The van der Waals surface area contributed by atoms with Crippen molar-refractivity contribution in [3.63, 3.8) is 0 Å². The molecular weight excluding hydrogens is 198 g/mol. The summed E-state index contributed by atoms with van der Waals surface area (Å²) >= 11 is 0. The van der Waals surface area contributed by atoms with E-state index in [1.54, 1.807) is 0 Å². The zero-order valence-electron chi connectivity index (χ0n) is 9.17. The van der Waals surface area contributed by atoms with Crippen LogP contribution in [0.1, 0.15) is 19.3 Å². The van der Waals surface area contributed by atoms with Gasteiger partial charge in [-0.1, -0.05) is 0 Å². The summed E-state index contributed by atoms with van der Waals surface area (Å²) in [6.45, 7) is 4.51. The van der Waals surface area contributed by atoms with Gasteiger partial charge in [0, 0.05) is 19.8 Å². The van der Waals surface area contributed by atoms with Gasteiger partial charge in [-0.25, -0.2) is 0 Å². The van der Waals surface area contributed by atoms with Crippen molar-refractivity contribution in [3.05, 3.63) is 0 Å². The summed E-state index contributed by atoms with van der Waals surface area (Å²) in [5, 5.41) is 0. The van der Waals surface area contributed by atoms with Crippen molar-refractivity contribution in [1.29, 1.82) is 0 Å². The van der Waals surface area contributed by atoms with Gasteiger partial charge in [0.25, 0.3) is 0 Å². The minimum Gasteiger partial charge on any atom is -0.428 e. The van der Waals surface area contributed by atoms with Crippen molar-refractivity contribution in [2.75, 3.05) is 39.6 Å². The van der Waals surface area contributed by atoms with Crippen LogP contribution in [0, 0.1) is 0 Å². The van der Waals surface area contributed by atoms with Crippen molar-refractivity contribution in [1.82, 2.24) is 0 Å². The topological polar surface area (TPSA) is 53.7 Å². The van der Waals surface area contributed by atoms with E-state index >= 15 is 0 Å². The summed E-state index contributed by atoms with van der Waals surface area (Å²) in [4.78, 5) is 0. The van der Waals surface area contributed by atoms with E-state index in [-0.39, 0.29) is 0 Å². The van der Waals surface area contributed by atoms with Crippen LogP contribution >= 0.6 is 0 Å². The van der Waals surface area contributed by atoms with Gasteiger partial charge in [0.05, 0.1) is 13.2 Å². The average molecular weight is 221 g/mol. The fraction of sp³-hybridized carbons (Fsp3) is 1.00. The maximum atomic E-state index is 5.35. The normalized spacial score (nSPS) is 10.9. The molecule has 0 saturated carbocycles. The summed E-state index contributed by atoms with van der Waals surface area (Å²) in [5.41, 5.74) is 5.35. The highest BCUT2D eigenvalue weighted by Gasteiger charge is 1.90. The fourth-order valence-corrected chi connectivity index (χ4v) is 1.26. The Balaban J connectivity index is 2.78. The fourth-order valence-electron chi connectivity index (χ4n) is 0.976. The standard InChI is InChI=1S/C9H23NO3Si/c10-4-1-2-5-11-8-9-12-6-3-7-13-14/h1-10H2,14H3. The third kappa shape index (κ3) is 12.1. The molecule has 0 fully saturated rings. The van der Waals surface area contributed by atoms with E-state index in [9.17, 15) is 0 Å². The number of hydrogen-bond acceptors (Lipinski definition) is 4. The third-order valence-corrected chi connectivity index (χ3v) is 2.16. The first-order valence-electron chi connectivity index (χ1n) is 5.26. The molecule has 0 rings (SSSR count). The summed E-state index contributed by atoms with van der Waals surface area (Å²) in [5.74, 6) is 0.